The molecule has 1 aliphatic heterocycles. The van der Waals surface area contributed by atoms with Gasteiger partial charge in [-0.3, -0.25) is 4.79 Å². The fourth-order valence-electron chi connectivity index (χ4n) is 12.4. The molecule has 1 saturated carbocycles. The number of Topliss-reactive ketones (excluding diaryl/α,β-unsaturated/α-hetero) is 1. The molecule has 8 atom stereocenters. The molecule has 85 heavy (non-hydrogen) atoms. The standard InChI is InChI=1S/C70H78O13Si2/c1-51(47-52-31-16-9-17-32-52)59(81-85(66(2,3)4,57-41-26-14-27-42-57)58-43-28-15-29-44-58)45-30-46-68(76-5)60(79-63(72)55-37-22-12-23-38-55)61(80-64(73)56-39-24-13-25-40-56)70(83-84(6,7)8)65(74)67(75,49-78-62(71)54-35-20-11-21-36-54)69(70,82-68)50-77-48-53-33-18-10-19-34-53/h9-29,31-44,51,59-61,75H,30,45-50H2,1-8H3/t51-,59-,60-,61-,67-,68+,69+,70+/m1/s1. The van der Waals surface area contributed by atoms with Crippen LogP contribution in [-0.2, 0) is 55.1 Å². The summed E-state index contributed by atoms with van der Waals surface area (Å²) in [6.07, 6.45) is -2.99. The molecule has 1 saturated heterocycles. The van der Waals surface area contributed by atoms with Crippen LogP contribution in [0.4, 0.5) is 0 Å². The van der Waals surface area contributed by atoms with Gasteiger partial charge in [0, 0.05) is 19.6 Å². The van der Waals surface area contributed by atoms with E-state index in [1.54, 1.807) is 91.0 Å². The SMILES string of the molecule is CO[C@@]1(CCC[C@@H](O[Si](c2ccccc2)(c2ccccc2)C(C)(C)C)[C@H](C)Cc2ccccc2)O[C@@]2(COCc3ccccc3)[C@@](O)(COC(=O)c3ccccc3)C(=O)[C@@]2(O[Si](C)(C)C)[C@H](OC(=O)c2ccccc2)[C@H]1OC(=O)c1ccccc1. The van der Waals surface area contributed by atoms with E-state index >= 15 is 9.59 Å². The fraction of sp³-hybridized carbons (Fsp3) is 0.343. The van der Waals surface area contributed by atoms with E-state index in [-0.39, 0.29) is 42.1 Å². The minimum atomic E-state index is -3.24. The smallest absolute Gasteiger partial charge is 0.338 e. The zero-order valence-corrected chi connectivity index (χ0v) is 51.8. The van der Waals surface area contributed by atoms with Gasteiger partial charge in [-0.15, -0.1) is 0 Å². The number of esters is 3. The lowest BCUT2D eigenvalue weighted by molar-refractivity contribution is -0.450. The predicted molar refractivity (Wildman–Crippen MR) is 330 cm³/mol. The maximum atomic E-state index is 16.1. The van der Waals surface area contributed by atoms with E-state index in [1.807, 2.05) is 80.3 Å². The number of rotatable bonds is 25. The lowest BCUT2D eigenvalue weighted by atomic mass is 9.48. The van der Waals surface area contributed by atoms with Gasteiger partial charge in [0.2, 0.25) is 11.6 Å². The molecule has 0 radical (unpaired) electrons. The number of fused-ring (bicyclic) bond motifs is 1. The first-order valence-corrected chi connectivity index (χ1v) is 34.5. The van der Waals surface area contributed by atoms with Gasteiger partial charge in [-0.2, -0.15) is 0 Å². The van der Waals surface area contributed by atoms with Gasteiger partial charge in [0.1, 0.15) is 6.61 Å². The summed E-state index contributed by atoms with van der Waals surface area (Å²) in [5, 5.41) is 15.5. The van der Waals surface area contributed by atoms with Crippen molar-refractivity contribution in [1.82, 2.24) is 0 Å². The van der Waals surface area contributed by atoms with Crippen LogP contribution in [0.1, 0.15) is 89.2 Å². The Bertz CT molecular complexity index is 3290. The highest BCUT2D eigenvalue weighted by Gasteiger charge is 2.92. The number of carbonyl (C=O) groups is 4. The van der Waals surface area contributed by atoms with Crippen molar-refractivity contribution in [2.24, 2.45) is 5.92 Å². The molecule has 1 N–H and O–H groups in total. The summed E-state index contributed by atoms with van der Waals surface area (Å²) in [5.74, 6) is -5.93. The summed E-state index contributed by atoms with van der Waals surface area (Å²) in [6, 6.07) is 65.1. The third-order valence-corrected chi connectivity index (χ3v) is 22.4. The zero-order valence-electron chi connectivity index (χ0n) is 49.8. The summed E-state index contributed by atoms with van der Waals surface area (Å²) < 4.78 is 55.7. The number of ketones is 1. The second-order valence-electron chi connectivity index (χ2n) is 24.3. The van der Waals surface area contributed by atoms with Crippen LogP contribution in [0.15, 0.2) is 212 Å². The van der Waals surface area contributed by atoms with Gasteiger partial charge in [-0.25, -0.2) is 14.4 Å². The fourth-order valence-corrected chi connectivity index (χ4v) is 18.5. The molecule has 1 heterocycles. The minimum Gasteiger partial charge on any atom is -0.458 e. The van der Waals surface area contributed by atoms with Crippen LogP contribution >= 0.6 is 0 Å². The van der Waals surface area contributed by atoms with Crippen molar-refractivity contribution in [2.75, 3.05) is 20.3 Å². The third kappa shape index (κ3) is 12.7. The van der Waals surface area contributed by atoms with E-state index in [0.29, 0.717) is 12.8 Å². The van der Waals surface area contributed by atoms with E-state index in [9.17, 15) is 14.7 Å². The first-order valence-electron chi connectivity index (χ1n) is 29.1. The van der Waals surface area contributed by atoms with Gasteiger partial charge >= 0.3 is 17.9 Å². The highest BCUT2D eigenvalue weighted by Crippen LogP contribution is 2.63. The molecular weight excluding hydrogens is 1100 g/mol. The van der Waals surface area contributed by atoms with Crippen molar-refractivity contribution in [3.05, 3.63) is 240 Å². The van der Waals surface area contributed by atoms with Gasteiger partial charge in [0.15, 0.2) is 37.3 Å². The molecule has 444 valence electrons. The molecule has 0 amide bonds. The average molecular weight is 1180 g/mol. The summed E-state index contributed by atoms with van der Waals surface area (Å²) >= 11 is 0. The van der Waals surface area contributed by atoms with Crippen molar-refractivity contribution >= 4 is 50.7 Å². The van der Waals surface area contributed by atoms with Crippen LogP contribution in [0.2, 0.25) is 24.7 Å². The van der Waals surface area contributed by atoms with E-state index in [0.717, 1.165) is 21.5 Å². The molecule has 0 unspecified atom stereocenters. The summed E-state index contributed by atoms with van der Waals surface area (Å²) in [6.45, 7) is 12.8. The van der Waals surface area contributed by atoms with Crippen molar-refractivity contribution in [3.8, 4) is 0 Å². The van der Waals surface area contributed by atoms with E-state index in [4.69, 9.17) is 37.3 Å². The number of aliphatic hydroxyl groups is 1. The summed E-state index contributed by atoms with van der Waals surface area (Å²) in [4.78, 5) is 60.1. The topological polar surface area (TPSA) is 162 Å². The Morgan fingerprint density at radius 1 is 0.600 bits per heavy atom. The van der Waals surface area contributed by atoms with Gasteiger partial charge in [-0.1, -0.05) is 204 Å². The molecule has 0 aromatic heterocycles. The largest absolute Gasteiger partial charge is 0.458 e. The molecule has 2 fully saturated rings. The third-order valence-electron chi connectivity index (χ3n) is 16.4. The maximum Gasteiger partial charge on any atom is 0.338 e. The number of methoxy groups -OCH3 is 1. The Morgan fingerprint density at radius 2 is 1.04 bits per heavy atom. The van der Waals surface area contributed by atoms with Crippen LogP contribution < -0.4 is 10.4 Å². The normalized spacial score (nSPS) is 22.9. The number of hydrogen-bond donors (Lipinski definition) is 1. The first kappa shape index (κ1) is 62.3. The molecule has 0 bridgehead atoms. The lowest BCUT2D eigenvalue weighted by Crippen LogP contribution is -2.99. The van der Waals surface area contributed by atoms with Gasteiger partial charge < -0.3 is 42.4 Å². The molecule has 2 aliphatic rings. The summed E-state index contributed by atoms with van der Waals surface area (Å²) in [5.41, 5.74) is -5.47. The van der Waals surface area contributed by atoms with Gasteiger partial charge in [0.05, 0.1) is 29.9 Å². The molecule has 7 aromatic carbocycles. The monoisotopic (exact) mass is 1180 g/mol. The van der Waals surface area contributed by atoms with Crippen LogP contribution in [0.25, 0.3) is 0 Å². The first-order chi connectivity index (χ1) is 40.7. The Morgan fingerprint density at radius 3 is 1.49 bits per heavy atom. The predicted octanol–water partition coefficient (Wildman–Crippen LogP) is 11.5. The molecular formula is C70H78O13Si2. The van der Waals surface area contributed by atoms with Crippen LogP contribution in [0, 0.1) is 5.92 Å². The Balaban J connectivity index is 1.23. The molecule has 13 nitrogen and oxygen atoms in total. The van der Waals surface area contributed by atoms with Gasteiger partial charge in [-0.05, 0) is 108 Å². The summed E-state index contributed by atoms with van der Waals surface area (Å²) in [7, 11) is -5.02. The quantitative estimate of drug-likeness (QED) is 0.0327. The molecule has 15 heteroatoms. The number of benzene rings is 7. The van der Waals surface area contributed by atoms with Crippen molar-refractivity contribution in [1.29, 1.82) is 0 Å². The zero-order chi connectivity index (χ0) is 60.5. The van der Waals surface area contributed by atoms with Gasteiger partial charge in [0.25, 0.3) is 8.32 Å². The number of carbonyl (C=O) groups excluding carboxylic acids is 4. The number of ether oxygens (including phenoxy) is 6. The molecule has 7 aromatic rings. The second kappa shape index (κ2) is 26.2. The Labute approximate surface area is 501 Å². The highest BCUT2D eigenvalue weighted by atomic mass is 28.4. The Hall–Kier alpha value is -7.19. The Kier molecular flexibility index (Phi) is 19.2. The van der Waals surface area contributed by atoms with Crippen LogP contribution in [-0.4, -0.2) is 107 Å². The highest BCUT2D eigenvalue weighted by molar-refractivity contribution is 6.99. The maximum absolute atomic E-state index is 16.1. The number of hydrogen-bond acceptors (Lipinski definition) is 13. The van der Waals surface area contributed by atoms with Crippen LogP contribution in [0.5, 0.6) is 0 Å². The van der Waals surface area contributed by atoms with E-state index in [2.05, 4.69) is 88.4 Å². The molecule has 1 aliphatic carbocycles. The van der Waals surface area contributed by atoms with Crippen molar-refractivity contribution < 1.29 is 61.6 Å². The lowest BCUT2D eigenvalue weighted by Gasteiger charge is -2.72. The van der Waals surface area contributed by atoms with E-state index < -0.39 is 99.5 Å². The van der Waals surface area contributed by atoms with Crippen molar-refractivity contribution in [3.63, 3.8) is 0 Å². The van der Waals surface area contributed by atoms with Crippen molar-refractivity contribution in [2.45, 2.75) is 126 Å². The minimum absolute atomic E-state index is 0.0511. The molecule has 0 spiro atoms. The van der Waals surface area contributed by atoms with Crippen LogP contribution in [0.3, 0.4) is 0 Å². The molecule has 9 rings (SSSR count). The second-order valence-corrected chi connectivity index (χ2v) is 32.9. The average Bonchev–Trinajstić information content (AvgIpc) is 0.655. The van der Waals surface area contributed by atoms with E-state index in [1.165, 1.54) is 7.11 Å².